The summed E-state index contributed by atoms with van der Waals surface area (Å²) in [5.74, 6) is 1.58. The van der Waals surface area contributed by atoms with Gasteiger partial charge in [0, 0.05) is 6.42 Å². The molecule has 2 heteroatoms. The first-order chi connectivity index (χ1) is 5.18. The summed E-state index contributed by atoms with van der Waals surface area (Å²) in [4.78, 5) is 10.3. The minimum absolute atomic E-state index is 0.229. The van der Waals surface area contributed by atoms with E-state index in [-0.39, 0.29) is 5.92 Å². The Labute approximate surface area is 67.6 Å². The first kappa shape index (κ1) is 10.0. The molecule has 0 aromatic carbocycles. The molecule has 0 rings (SSSR count). The van der Waals surface area contributed by atoms with E-state index in [4.69, 9.17) is 11.5 Å². The molecule has 0 aromatic heterocycles. The third-order valence-corrected chi connectivity index (χ3v) is 1.63. The summed E-state index contributed by atoms with van der Waals surface area (Å²) < 4.78 is 0. The van der Waals surface area contributed by atoms with Crippen molar-refractivity contribution in [3.05, 3.63) is 0 Å². The number of rotatable bonds is 5. The van der Waals surface area contributed by atoms with Crippen LogP contribution in [-0.2, 0) is 4.79 Å². The van der Waals surface area contributed by atoms with Crippen LogP contribution < -0.4 is 0 Å². The van der Waals surface area contributed by atoms with Gasteiger partial charge in [-0.1, -0.05) is 13.3 Å². The van der Waals surface area contributed by atoms with Crippen molar-refractivity contribution in [3.63, 3.8) is 0 Å². The number of hydrogen-bond acceptors (Lipinski definition) is 1. The first-order valence-corrected chi connectivity index (χ1v) is 3.84. The molecule has 11 heavy (non-hydrogen) atoms. The Morgan fingerprint density at radius 1 is 1.64 bits per heavy atom. The Hall–Kier alpha value is -0.970. The van der Waals surface area contributed by atoms with E-state index in [0.717, 1.165) is 25.7 Å². The number of terminal acetylenes is 1. The van der Waals surface area contributed by atoms with Gasteiger partial charge in [0.25, 0.3) is 0 Å². The van der Waals surface area contributed by atoms with Crippen LogP contribution in [0.2, 0.25) is 0 Å². The van der Waals surface area contributed by atoms with Crippen LogP contribution in [-0.4, -0.2) is 11.1 Å². The maximum Gasteiger partial charge on any atom is 0.306 e. The molecule has 62 valence electrons. The molecule has 0 amide bonds. The molecule has 0 bridgehead atoms. The Bertz CT molecular complexity index is 155. The maximum atomic E-state index is 10.3. The number of unbranched alkanes of at least 4 members (excludes halogenated alkanes) is 2. The summed E-state index contributed by atoms with van der Waals surface area (Å²) in [5.41, 5.74) is 0. The van der Waals surface area contributed by atoms with Gasteiger partial charge in [-0.2, -0.15) is 0 Å². The Kier molecular flexibility index (Phi) is 5.28. The molecule has 0 aliphatic carbocycles. The number of carboxylic acid groups (broad SMARTS) is 1. The quantitative estimate of drug-likeness (QED) is 0.485. The lowest BCUT2D eigenvalue weighted by Crippen LogP contribution is -2.08. The Balaban J connectivity index is 3.26. The largest absolute Gasteiger partial charge is 0.481 e. The number of carboxylic acids is 1. The molecule has 0 unspecified atom stereocenters. The molecule has 0 aliphatic heterocycles. The summed E-state index contributed by atoms with van der Waals surface area (Å²) in [6.45, 7) is 1.72. The van der Waals surface area contributed by atoms with E-state index in [1.165, 1.54) is 0 Å². The Morgan fingerprint density at radius 2 is 2.27 bits per heavy atom. The lowest BCUT2D eigenvalue weighted by molar-refractivity contribution is -0.141. The maximum absolute atomic E-state index is 10.3. The van der Waals surface area contributed by atoms with Crippen LogP contribution in [0.1, 0.15) is 32.6 Å². The van der Waals surface area contributed by atoms with Crippen LogP contribution >= 0.6 is 0 Å². The standard InChI is InChI=1S/C9H14O2/c1-3-4-5-6-7-8(2)9(10)11/h1,8H,4-7H2,2H3,(H,10,11)/t8-/m1/s1. The molecule has 0 saturated carbocycles. The zero-order valence-corrected chi connectivity index (χ0v) is 6.84. The first-order valence-electron chi connectivity index (χ1n) is 3.84. The molecule has 0 saturated heterocycles. The average molecular weight is 154 g/mol. The fraction of sp³-hybridized carbons (Fsp3) is 0.667. The van der Waals surface area contributed by atoms with Crippen molar-refractivity contribution in [2.45, 2.75) is 32.6 Å². The third kappa shape index (κ3) is 5.47. The van der Waals surface area contributed by atoms with E-state index >= 15 is 0 Å². The third-order valence-electron chi connectivity index (χ3n) is 1.63. The van der Waals surface area contributed by atoms with Crippen LogP contribution in [0, 0.1) is 18.3 Å². The van der Waals surface area contributed by atoms with Crippen molar-refractivity contribution >= 4 is 5.97 Å². The molecular formula is C9H14O2. The second-order valence-electron chi connectivity index (χ2n) is 2.69. The molecule has 0 spiro atoms. The van der Waals surface area contributed by atoms with Crippen LogP contribution in [0.15, 0.2) is 0 Å². The number of carbonyl (C=O) groups is 1. The molecule has 1 atom stereocenters. The SMILES string of the molecule is C#CCCCC[C@@H](C)C(=O)O. The highest BCUT2D eigenvalue weighted by Gasteiger charge is 2.08. The van der Waals surface area contributed by atoms with Gasteiger partial charge in [0.15, 0.2) is 0 Å². The molecule has 1 N–H and O–H groups in total. The monoisotopic (exact) mass is 154 g/mol. The molecule has 0 radical (unpaired) electrons. The zero-order chi connectivity index (χ0) is 8.69. The highest BCUT2D eigenvalue weighted by atomic mass is 16.4. The molecule has 0 aromatic rings. The summed E-state index contributed by atoms with van der Waals surface area (Å²) >= 11 is 0. The fourth-order valence-corrected chi connectivity index (χ4v) is 0.801. The predicted molar refractivity (Wildman–Crippen MR) is 44.1 cm³/mol. The van der Waals surface area contributed by atoms with Crippen molar-refractivity contribution in [1.29, 1.82) is 0 Å². The van der Waals surface area contributed by atoms with Crippen molar-refractivity contribution < 1.29 is 9.90 Å². The van der Waals surface area contributed by atoms with Crippen molar-refractivity contribution in [2.75, 3.05) is 0 Å². The van der Waals surface area contributed by atoms with Crippen LogP contribution in [0.5, 0.6) is 0 Å². The topological polar surface area (TPSA) is 37.3 Å². The highest BCUT2D eigenvalue weighted by molar-refractivity contribution is 5.69. The fourth-order valence-electron chi connectivity index (χ4n) is 0.801. The van der Waals surface area contributed by atoms with Gasteiger partial charge in [0.2, 0.25) is 0 Å². The van der Waals surface area contributed by atoms with Gasteiger partial charge in [-0.15, -0.1) is 12.3 Å². The number of aliphatic carboxylic acids is 1. The lowest BCUT2D eigenvalue weighted by Gasteiger charge is -2.03. The van der Waals surface area contributed by atoms with E-state index < -0.39 is 5.97 Å². The van der Waals surface area contributed by atoms with Gasteiger partial charge in [0.05, 0.1) is 5.92 Å². The molecule has 2 nitrogen and oxygen atoms in total. The highest BCUT2D eigenvalue weighted by Crippen LogP contribution is 2.08. The molecule has 0 fully saturated rings. The average Bonchev–Trinajstić information content (AvgIpc) is 1.97. The van der Waals surface area contributed by atoms with E-state index in [1.807, 2.05) is 0 Å². The van der Waals surface area contributed by atoms with E-state index in [0.29, 0.717) is 0 Å². The van der Waals surface area contributed by atoms with Crippen LogP contribution in [0.3, 0.4) is 0 Å². The minimum atomic E-state index is -0.717. The normalized spacial score (nSPS) is 12.0. The summed E-state index contributed by atoms with van der Waals surface area (Å²) in [6, 6.07) is 0. The van der Waals surface area contributed by atoms with Gasteiger partial charge < -0.3 is 5.11 Å². The van der Waals surface area contributed by atoms with Crippen molar-refractivity contribution in [3.8, 4) is 12.3 Å². The summed E-state index contributed by atoms with van der Waals surface area (Å²) in [7, 11) is 0. The predicted octanol–water partition coefficient (Wildman–Crippen LogP) is 1.90. The summed E-state index contributed by atoms with van der Waals surface area (Å²) in [6.07, 6.45) is 8.38. The van der Waals surface area contributed by atoms with E-state index in [2.05, 4.69) is 5.92 Å². The van der Waals surface area contributed by atoms with Gasteiger partial charge in [0.1, 0.15) is 0 Å². The van der Waals surface area contributed by atoms with E-state index in [9.17, 15) is 4.79 Å². The molecular weight excluding hydrogens is 140 g/mol. The zero-order valence-electron chi connectivity index (χ0n) is 6.84. The van der Waals surface area contributed by atoms with Gasteiger partial charge in [-0.25, -0.2) is 0 Å². The minimum Gasteiger partial charge on any atom is -0.481 e. The smallest absolute Gasteiger partial charge is 0.306 e. The molecule has 0 heterocycles. The molecule has 0 aliphatic rings. The van der Waals surface area contributed by atoms with Crippen LogP contribution in [0.4, 0.5) is 0 Å². The van der Waals surface area contributed by atoms with E-state index in [1.54, 1.807) is 6.92 Å². The second kappa shape index (κ2) is 5.79. The van der Waals surface area contributed by atoms with Gasteiger partial charge in [-0.3, -0.25) is 4.79 Å². The number of hydrogen-bond donors (Lipinski definition) is 1. The van der Waals surface area contributed by atoms with Gasteiger partial charge >= 0.3 is 5.97 Å². The lowest BCUT2D eigenvalue weighted by atomic mass is 10.0. The van der Waals surface area contributed by atoms with Crippen molar-refractivity contribution in [2.24, 2.45) is 5.92 Å². The van der Waals surface area contributed by atoms with Gasteiger partial charge in [-0.05, 0) is 12.8 Å². The summed E-state index contributed by atoms with van der Waals surface area (Å²) in [5, 5.41) is 8.50. The van der Waals surface area contributed by atoms with Crippen LogP contribution in [0.25, 0.3) is 0 Å². The van der Waals surface area contributed by atoms with Crippen molar-refractivity contribution in [1.82, 2.24) is 0 Å². The Morgan fingerprint density at radius 3 is 2.73 bits per heavy atom. The second-order valence-corrected chi connectivity index (χ2v) is 2.69.